The molecule has 0 N–H and O–H groups in total. The van der Waals surface area contributed by atoms with Crippen LogP contribution in [0.2, 0.25) is 0 Å². The second-order valence-corrected chi connectivity index (χ2v) is 7.40. The molecule has 3 heteroatoms. The molecule has 1 saturated heterocycles. The fourth-order valence-corrected chi connectivity index (χ4v) is 4.11. The standard InChI is InChI=1S/C23H25N3/c24-16-20-8-9-22-11-14-26(23(22)15-20)18-21-10-13-25(17-21)12-4-7-19-5-2-1-3-6-19/h1-3,5-6,8-9,11,14-15,21H,4,7,10,12-13,17-18H2. The Kier molecular flexibility index (Phi) is 5.04. The molecule has 0 saturated carbocycles. The average molecular weight is 343 g/mol. The van der Waals surface area contributed by atoms with E-state index in [0.29, 0.717) is 5.92 Å². The number of benzene rings is 2. The van der Waals surface area contributed by atoms with Crippen LogP contribution in [0.25, 0.3) is 10.9 Å². The van der Waals surface area contributed by atoms with Crippen molar-refractivity contribution in [2.24, 2.45) is 5.92 Å². The Labute approximate surface area is 155 Å². The normalized spacial score (nSPS) is 17.6. The van der Waals surface area contributed by atoms with Gasteiger partial charge in [-0.15, -0.1) is 0 Å². The van der Waals surface area contributed by atoms with Crippen LogP contribution < -0.4 is 0 Å². The number of hydrogen-bond acceptors (Lipinski definition) is 2. The van der Waals surface area contributed by atoms with E-state index in [1.807, 2.05) is 12.1 Å². The summed E-state index contributed by atoms with van der Waals surface area (Å²) in [6.07, 6.45) is 5.84. The van der Waals surface area contributed by atoms with Crippen molar-refractivity contribution in [3.05, 3.63) is 71.9 Å². The molecule has 3 aromatic rings. The van der Waals surface area contributed by atoms with Crippen molar-refractivity contribution in [2.75, 3.05) is 19.6 Å². The Hall–Kier alpha value is -2.57. The summed E-state index contributed by atoms with van der Waals surface area (Å²) in [7, 11) is 0. The van der Waals surface area contributed by atoms with E-state index in [2.05, 4.69) is 64.2 Å². The molecule has 0 spiro atoms. The number of rotatable bonds is 6. The van der Waals surface area contributed by atoms with Crippen molar-refractivity contribution in [3.8, 4) is 6.07 Å². The first-order chi connectivity index (χ1) is 12.8. The lowest BCUT2D eigenvalue weighted by atomic mass is 10.1. The lowest BCUT2D eigenvalue weighted by molar-refractivity contribution is 0.313. The van der Waals surface area contributed by atoms with Crippen LogP contribution in [-0.2, 0) is 13.0 Å². The van der Waals surface area contributed by atoms with E-state index in [0.717, 1.165) is 12.1 Å². The topological polar surface area (TPSA) is 32.0 Å². The van der Waals surface area contributed by atoms with Gasteiger partial charge in [-0.3, -0.25) is 0 Å². The van der Waals surface area contributed by atoms with Gasteiger partial charge >= 0.3 is 0 Å². The number of aryl methyl sites for hydroxylation is 1. The Morgan fingerprint density at radius 3 is 2.81 bits per heavy atom. The summed E-state index contributed by atoms with van der Waals surface area (Å²) in [6, 6.07) is 21.1. The molecule has 2 aromatic carbocycles. The third kappa shape index (κ3) is 3.81. The number of fused-ring (bicyclic) bond motifs is 1. The summed E-state index contributed by atoms with van der Waals surface area (Å²) in [5, 5.41) is 10.4. The smallest absolute Gasteiger partial charge is 0.0992 e. The number of nitrogens with zero attached hydrogens (tertiary/aromatic N) is 3. The molecular formula is C23H25N3. The molecule has 1 aliphatic heterocycles. The molecule has 2 heterocycles. The number of nitriles is 1. The van der Waals surface area contributed by atoms with Crippen LogP contribution in [0.4, 0.5) is 0 Å². The second kappa shape index (κ2) is 7.76. The van der Waals surface area contributed by atoms with E-state index in [9.17, 15) is 0 Å². The lowest BCUT2D eigenvalue weighted by Crippen LogP contribution is -2.23. The van der Waals surface area contributed by atoms with E-state index in [1.54, 1.807) is 0 Å². The van der Waals surface area contributed by atoms with Gasteiger partial charge in [0, 0.05) is 24.8 Å². The minimum atomic E-state index is 0.702. The van der Waals surface area contributed by atoms with Crippen molar-refractivity contribution in [3.63, 3.8) is 0 Å². The van der Waals surface area contributed by atoms with Crippen LogP contribution in [-0.4, -0.2) is 29.1 Å². The van der Waals surface area contributed by atoms with Crippen LogP contribution in [0.15, 0.2) is 60.8 Å². The van der Waals surface area contributed by atoms with Crippen molar-refractivity contribution in [1.29, 1.82) is 5.26 Å². The average Bonchev–Trinajstić information content (AvgIpc) is 3.30. The van der Waals surface area contributed by atoms with Gasteiger partial charge in [0.05, 0.1) is 11.6 Å². The van der Waals surface area contributed by atoms with Crippen LogP contribution in [0.5, 0.6) is 0 Å². The van der Waals surface area contributed by atoms with Crippen molar-refractivity contribution in [2.45, 2.75) is 25.8 Å². The maximum Gasteiger partial charge on any atom is 0.0992 e. The maximum atomic E-state index is 9.14. The molecule has 1 aliphatic rings. The Balaban J connectivity index is 1.31. The summed E-state index contributed by atoms with van der Waals surface area (Å²) >= 11 is 0. The van der Waals surface area contributed by atoms with Gasteiger partial charge in [0.25, 0.3) is 0 Å². The first-order valence-electron chi connectivity index (χ1n) is 9.57. The molecule has 0 bridgehead atoms. The van der Waals surface area contributed by atoms with Crippen LogP contribution in [0.1, 0.15) is 24.0 Å². The molecule has 0 aliphatic carbocycles. The SMILES string of the molecule is N#Cc1ccc2ccn(CC3CCN(CCCc4ccccc4)C3)c2c1. The first kappa shape index (κ1) is 16.9. The summed E-state index contributed by atoms with van der Waals surface area (Å²) < 4.78 is 2.33. The molecule has 4 rings (SSSR count). The zero-order valence-electron chi connectivity index (χ0n) is 15.1. The Morgan fingerprint density at radius 2 is 1.96 bits per heavy atom. The van der Waals surface area contributed by atoms with Gasteiger partial charge in [0.15, 0.2) is 0 Å². The molecule has 3 nitrogen and oxygen atoms in total. The van der Waals surface area contributed by atoms with Gasteiger partial charge in [-0.25, -0.2) is 0 Å². The minimum Gasteiger partial charge on any atom is -0.347 e. The summed E-state index contributed by atoms with van der Waals surface area (Å²) in [5.74, 6) is 0.702. The highest BCUT2D eigenvalue weighted by molar-refractivity contribution is 5.81. The molecule has 1 atom stereocenters. The molecule has 1 aromatic heterocycles. The monoisotopic (exact) mass is 343 g/mol. The number of likely N-dealkylation sites (tertiary alicyclic amines) is 1. The number of hydrogen-bond donors (Lipinski definition) is 0. The fourth-order valence-electron chi connectivity index (χ4n) is 4.11. The molecule has 26 heavy (non-hydrogen) atoms. The van der Waals surface area contributed by atoms with Gasteiger partial charge in [-0.2, -0.15) is 5.26 Å². The van der Waals surface area contributed by atoms with E-state index in [4.69, 9.17) is 5.26 Å². The number of aromatic nitrogens is 1. The Bertz CT molecular complexity index is 904. The molecule has 1 unspecified atom stereocenters. The van der Waals surface area contributed by atoms with Gasteiger partial charge in [0.1, 0.15) is 0 Å². The quantitative estimate of drug-likeness (QED) is 0.661. The van der Waals surface area contributed by atoms with Crippen LogP contribution in [0.3, 0.4) is 0 Å². The van der Waals surface area contributed by atoms with Crippen molar-refractivity contribution in [1.82, 2.24) is 9.47 Å². The van der Waals surface area contributed by atoms with Crippen molar-refractivity contribution >= 4 is 10.9 Å². The molecule has 0 amide bonds. The zero-order valence-corrected chi connectivity index (χ0v) is 15.1. The first-order valence-corrected chi connectivity index (χ1v) is 9.57. The van der Waals surface area contributed by atoms with Gasteiger partial charge in [-0.05, 0) is 67.4 Å². The van der Waals surface area contributed by atoms with Gasteiger partial charge in [0.2, 0.25) is 0 Å². The highest BCUT2D eigenvalue weighted by atomic mass is 15.1. The highest BCUT2D eigenvalue weighted by Gasteiger charge is 2.22. The fraction of sp³-hybridized carbons (Fsp3) is 0.348. The second-order valence-electron chi connectivity index (χ2n) is 7.40. The van der Waals surface area contributed by atoms with E-state index in [1.165, 1.54) is 55.4 Å². The van der Waals surface area contributed by atoms with Crippen LogP contribution in [0, 0.1) is 17.2 Å². The third-order valence-electron chi connectivity index (χ3n) is 5.51. The predicted molar refractivity (Wildman–Crippen MR) is 106 cm³/mol. The molecule has 0 radical (unpaired) electrons. The minimum absolute atomic E-state index is 0.702. The van der Waals surface area contributed by atoms with Crippen LogP contribution >= 0.6 is 0 Å². The Morgan fingerprint density at radius 1 is 1.08 bits per heavy atom. The maximum absolute atomic E-state index is 9.14. The molecular weight excluding hydrogens is 318 g/mol. The summed E-state index contributed by atoms with van der Waals surface area (Å²) in [5.41, 5.74) is 3.37. The van der Waals surface area contributed by atoms with Gasteiger partial charge < -0.3 is 9.47 Å². The summed E-state index contributed by atoms with van der Waals surface area (Å²) in [4.78, 5) is 2.61. The van der Waals surface area contributed by atoms with E-state index in [-0.39, 0.29) is 0 Å². The lowest BCUT2D eigenvalue weighted by Gasteiger charge is -2.16. The molecule has 132 valence electrons. The highest BCUT2D eigenvalue weighted by Crippen LogP contribution is 2.23. The van der Waals surface area contributed by atoms with E-state index < -0.39 is 0 Å². The van der Waals surface area contributed by atoms with Gasteiger partial charge in [-0.1, -0.05) is 36.4 Å². The van der Waals surface area contributed by atoms with Crippen molar-refractivity contribution < 1.29 is 0 Å². The largest absolute Gasteiger partial charge is 0.347 e. The summed E-state index contributed by atoms with van der Waals surface area (Å²) in [6.45, 7) is 4.64. The zero-order chi connectivity index (χ0) is 17.8. The molecule has 1 fully saturated rings. The predicted octanol–water partition coefficient (Wildman–Crippen LogP) is 4.47. The van der Waals surface area contributed by atoms with E-state index >= 15 is 0 Å². The third-order valence-corrected chi connectivity index (χ3v) is 5.51.